The van der Waals surface area contributed by atoms with Crippen molar-refractivity contribution in [2.45, 2.75) is 57.0 Å². The van der Waals surface area contributed by atoms with Gasteiger partial charge in [0, 0.05) is 0 Å². The molecule has 3 atom stereocenters. The highest BCUT2D eigenvalue weighted by molar-refractivity contribution is 5.44. The number of rotatable bonds is 5. The lowest BCUT2D eigenvalue weighted by molar-refractivity contribution is -0.151. The van der Waals surface area contributed by atoms with Gasteiger partial charge in [0.25, 0.3) is 0 Å². The zero-order valence-corrected chi connectivity index (χ0v) is 13.0. The summed E-state index contributed by atoms with van der Waals surface area (Å²) in [7, 11) is 1.69. The lowest BCUT2D eigenvalue weighted by atomic mass is 9.74. The van der Waals surface area contributed by atoms with Gasteiger partial charge in [-0.3, -0.25) is 0 Å². The van der Waals surface area contributed by atoms with Crippen LogP contribution in [0.15, 0.2) is 18.2 Å². The van der Waals surface area contributed by atoms with E-state index in [1.54, 1.807) is 7.11 Å². The lowest BCUT2D eigenvalue weighted by Gasteiger charge is -2.31. The van der Waals surface area contributed by atoms with Gasteiger partial charge < -0.3 is 19.3 Å². The van der Waals surface area contributed by atoms with Crippen LogP contribution in [0.1, 0.15) is 43.7 Å². The summed E-state index contributed by atoms with van der Waals surface area (Å²) in [6.45, 7) is 4.25. The molecule has 0 saturated carbocycles. The quantitative estimate of drug-likeness (QED) is 0.906. The number of methoxy groups -OCH3 is 1. The van der Waals surface area contributed by atoms with Crippen molar-refractivity contribution in [3.8, 4) is 5.75 Å². The normalized spacial score (nSPS) is 27.8. The molecule has 2 aliphatic rings. The van der Waals surface area contributed by atoms with Crippen molar-refractivity contribution in [3.63, 3.8) is 0 Å². The van der Waals surface area contributed by atoms with E-state index >= 15 is 0 Å². The summed E-state index contributed by atoms with van der Waals surface area (Å²) in [5, 5.41) is 10.3. The summed E-state index contributed by atoms with van der Waals surface area (Å²) in [6.07, 6.45) is 2.16. The van der Waals surface area contributed by atoms with Gasteiger partial charge in [-0.1, -0.05) is 6.07 Å². The maximum atomic E-state index is 10.3. The Labute approximate surface area is 126 Å². The minimum Gasteiger partial charge on any atom is -0.497 e. The average Bonchev–Trinajstić information content (AvgIpc) is 2.79. The molecular formula is C17H24O4. The first kappa shape index (κ1) is 14.8. The molecule has 3 rings (SSSR count). The van der Waals surface area contributed by atoms with Gasteiger partial charge in [0.05, 0.1) is 19.8 Å². The molecule has 1 saturated heterocycles. The summed E-state index contributed by atoms with van der Waals surface area (Å²) in [6, 6.07) is 6.27. The predicted octanol–water partition coefficient (Wildman–Crippen LogP) is 2.63. The van der Waals surface area contributed by atoms with Crippen LogP contribution in [0.3, 0.4) is 0 Å². The van der Waals surface area contributed by atoms with Crippen LogP contribution in [0.4, 0.5) is 0 Å². The fourth-order valence-corrected chi connectivity index (χ4v) is 3.25. The number of hydrogen-bond acceptors (Lipinski definition) is 4. The molecule has 0 spiro atoms. The Morgan fingerprint density at radius 3 is 2.86 bits per heavy atom. The van der Waals surface area contributed by atoms with E-state index < -0.39 is 11.9 Å². The van der Waals surface area contributed by atoms with Gasteiger partial charge in [0.15, 0.2) is 5.79 Å². The molecule has 1 aromatic carbocycles. The predicted molar refractivity (Wildman–Crippen MR) is 79.6 cm³/mol. The van der Waals surface area contributed by atoms with E-state index in [1.165, 1.54) is 11.1 Å². The molecule has 21 heavy (non-hydrogen) atoms. The third-order valence-electron chi connectivity index (χ3n) is 4.53. The van der Waals surface area contributed by atoms with E-state index in [0.717, 1.165) is 25.0 Å². The highest BCUT2D eigenvalue weighted by Gasteiger charge is 2.37. The van der Waals surface area contributed by atoms with Gasteiger partial charge in [-0.15, -0.1) is 0 Å². The van der Waals surface area contributed by atoms with Gasteiger partial charge in [-0.25, -0.2) is 0 Å². The molecule has 4 heteroatoms. The van der Waals surface area contributed by atoms with E-state index in [4.69, 9.17) is 14.2 Å². The molecule has 0 bridgehead atoms. The molecule has 0 aromatic heterocycles. The summed E-state index contributed by atoms with van der Waals surface area (Å²) in [5.41, 5.74) is 2.77. The Balaban J connectivity index is 1.50. The molecule has 1 fully saturated rings. The van der Waals surface area contributed by atoms with Crippen molar-refractivity contribution in [1.82, 2.24) is 0 Å². The second-order valence-corrected chi connectivity index (χ2v) is 6.48. The fourth-order valence-electron chi connectivity index (χ4n) is 3.25. The SMILES string of the molecule is COc1ccc2c(c1)CC2CC[C@H](O)[C@H]1COC(C)(C)O1. The molecular weight excluding hydrogens is 268 g/mol. The molecule has 1 aromatic rings. The van der Waals surface area contributed by atoms with Crippen molar-refractivity contribution in [2.24, 2.45) is 0 Å². The molecule has 1 aliphatic carbocycles. The van der Waals surface area contributed by atoms with Gasteiger partial charge >= 0.3 is 0 Å². The standard InChI is InChI=1S/C17H24O4/c1-17(2)20-10-16(21-17)15(18)7-4-11-8-12-9-13(19-3)5-6-14(11)12/h5-6,9,11,15-16,18H,4,7-8,10H2,1-3H3/t11?,15-,16+/m0/s1. The Kier molecular flexibility index (Phi) is 3.95. The summed E-state index contributed by atoms with van der Waals surface area (Å²) in [5.74, 6) is 0.910. The van der Waals surface area contributed by atoms with E-state index in [9.17, 15) is 5.11 Å². The second kappa shape index (κ2) is 5.59. The first-order valence-electron chi connectivity index (χ1n) is 7.65. The molecule has 1 heterocycles. The van der Waals surface area contributed by atoms with Crippen LogP contribution in [0.5, 0.6) is 5.75 Å². The Bertz CT molecular complexity index is 512. The Hall–Kier alpha value is -1.10. The average molecular weight is 292 g/mol. The molecule has 4 nitrogen and oxygen atoms in total. The van der Waals surface area contributed by atoms with Crippen LogP contribution >= 0.6 is 0 Å². The fraction of sp³-hybridized carbons (Fsp3) is 0.647. The molecule has 1 unspecified atom stereocenters. The number of hydrogen-bond donors (Lipinski definition) is 1. The molecule has 1 N–H and O–H groups in total. The van der Waals surface area contributed by atoms with E-state index in [1.807, 2.05) is 19.9 Å². The van der Waals surface area contributed by atoms with E-state index in [2.05, 4.69) is 12.1 Å². The topological polar surface area (TPSA) is 47.9 Å². The smallest absolute Gasteiger partial charge is 0.163 e. The Morgan fingerprint density at radius 1 is 1.43 bits per heavy atom. The number of aliphatic hydroxyl groups is 1. The van der Waals surface area contributed by atoms with Gasteiger partial charge in [0.1, 0.15) is 11.9 Å². The van der Waals surface area contributed by atoms with Crippen molar-refractivity contribution >= 4 is 0 Å². The zero-order chi connectivity index (χ0) is 15.0. The van der Waals surface area contributed by atoms with Crippen LogP contribution in [-0.2, 0) is 15.9 Å². The van der Waals surface area contributed by atoms with Gasteiger partial charge in [-0.2, -0.15) is 0 Å². The number of aliphatic hydroxyl groups excluding tert-OH is 1. The monoisotopic (exact) mass is 292 g/mol. The van der Waals surface area contributed by atoms with Gasteiger partial charge in [0.2, 0.25) is 0 Å². The third kappa shape index (κ3) is 3.07. The van der Waals surface area contributed by atoms with E-state index in [0.29, 0.717) is 12.5 Å². The first-order chi connectivity index (χ1) is 9.98. The molecule has 0 amide bonds. The summed E-state index contributed by atoms with van der Waals surface area (Å²) in [4.78, 5) is 0. The van der Waals surface area contributed by atoms with Crippen LogP contribution < -0.4 is 4.74 Å². The minimum atomic E-state index is -0.564. The van der Waals surface area contributed by atoms with Crippen LogP contribution in [-0.4, -0.2) is 36.8 Å². The van der Waals surface area contributed by atoms with E-state index in [-0.39, 0.29) is 6.10 Å². The largest absolute Gasteiger partial charge is 0.497 e. The lowest BCUT2D eigenvalue weighted by Crippen LogP contribution is -2.31. The minimum absolute atomic E-state index is 0.199. The first-order valence-corrected chi connectivity index (χ1v) is 7.65. The molecule has 116 valence electrons. The van der Waals surface area contributed by atoms with Crippen molar-refractivity contribution < 1.29 is 19.3 Å². The van der Waals surface area contributed by atoms with Crippen molar-refractivity contribution in [2.75, 3.05) is 13.7 Å². The molecule has 1 aliphatic heterocycles. The van der Waals surface area contributed by atoms with Crippen molar-refractivity contribution in [3.05, 3.63) is 29.3 Å². The maximum absolute atomic E-state index is 10.3. The third-order valence-corrected chi connectivity index (χ3v) is 4.53. The summed E-state index contributed by atoms with van der Waals surface area (Å²) < 4.78 is 16.4. The second-order valence-electron chi connectivity index (χ2n) is 6.48. The highest BCUT2D eigenvalue weighted by Crippen LogP contribution is 2.40. The highest BCUT2D eigenvalue weighted by atomic mass is 16.7. The van der Waals surface area contributed by atoms with Crippen LogP contribution in [0.25, 0.3) is 0 Å². The maximum Gasteiger partial charge on any atom is 0.163 e. The number of fused-ring (bicyclic) bond motifs is 1. The summed E-state index contributed by atoms with van der Waals surface area (Å²) >= 11 is 0. The zero-order valence-electron chi connectivity index (χ0n) is 13.0. The molecule has 0 radical (unpaired) electrons. The Morgan fingerprint density at radius 2 is 2.24 bits per heavy atom. The van der Waals surface area contributed by atoms with Crippen molar-refractivity contribution in [1.29, 1.82) is 0 Å². The van der Waals surface area contributed by atoms with Gasteiger partial charge in [-0.05, 0) is 62.3 Å². The number of benzene rings is 1. The van der Waals surface area contributed by atoms with Crippen LogP contribution in [0.2, 0.25) is 0 Å². The number of ether oxygens (including phenoxy) is 3. The van der Waals surface area contributed by atoms with Crippen LogP contribution in [0, 0.1) is 0 Å².